The lowest BCUT2D eigenvalue weighted by molar-refractivity contribution is -0.119. The summed E-state index contributed by atoms with van der Waals surface area (Å²) < 4.78 is 1.51. The first-order valence-electron chi connectivity index (χ1n) is 6.70. The molecule has 6 nitrogen and oxygen atoms in total. The standard InChI is InChI=1S/C14H16N4O2/c19-13-5-4-10(17-13)8-15-9-11-7-14(20)18-6-2-1-3-12(18)16-11/h1-3,6-7,10,15H,4-5,8-9H2,(H,17,19). The van der Waals surface area contributed by atoms with Gasteiger partial charge in [-0.2, -0.15) is 0 Å². The lowest BCUT2D eigenvalue weighted by atomic mass is 10.2. The zero-order valence-corrected chi connectivity index (χ0v) is 11.0. The van der Waals surface area contributed by atoms with Crippen LogP contribution in [0.2, 0.25) is 0 Å². The maximum absolute atomic E-state index is 11.9. The fourth-order valence-corrected chi connectivity index (χ4v) is 2.40. The van der Waals surface area contributed by atoms with Gasteiger partial charge in [0.05, 0.1) is 5.69 Å². The molecule has 104 valence electrons. The van der Waals surface area contributed by atoms with Crippen molar-refractivity contribution in [1.29, 1.82) is 0 Å². The zero-order chi connectivity index (χ0) is 13.9. The number of rotatable bonds is 4. The molecule has 1 amide bonds. The van der Waals surface area contributed by atoms with Crippen LogP contribution in [-0.2, 0) is 11.3 Å². The predicted octanol–water partition coefficient (Wildman–Crippen LogP) is 0.0627. The van der Waals surface area contributed by atoms with E-state index in [1.165, 1.54) is 10.5 Å². The Hall–Kier alpha value is -2.21. The second-order valence-corrected chi connectivity index (χ2v) is 4.95. The topological polar surface area (TPSA) is 75.5 Å². The van der Waals surface area contributed by atoms with Crippen LogP contribution in [0.3, 0.4) is 0 Å². The molecule has 6 heteroatoms. The predicted molar refractivity (Wildman–Crippen MR) is 74.3 cm³/mol. The van der Waals surface area contributed by atoms with Crippen LogP contribution in [0.15, 0.2) is 35.3 Å². The van der Waals surface area contributed by atoms with Crippen molar-refractivity contribution in [2.75, 3.05) is 6.54 Å². The van der Waals surface area contributed by atoms with Gasteiger partial charge in [-0.25, -0.2) is 4.98 Å². The molecule has 1 fully saturated rings. The summed E-state index contributed by atoms with van der Waals surface area (Å²) >= 11 is 0. The van der Waals surface area contributed by atoms with E-state index in [1.54, 1.807) is 12.3 Å². The molecule has 0 aliphatic carbocycles. The molecule has 2 aromatic heterocycles. The van der Waals surface area contributed by atoms with E-state index in [0.717, 1.165) is 6.42 Å². The molecule has 1 saturated heterocycles. The van der Waals surface area contributed by atoms with Crippen molar-refractivity contribution in [3.05, 3.63) is 46.5 Å². The van der Waals surface area contributed by atoms with Crippen LogP contribution in [0.1, 0.15) is 18.5 Å². The maximum atomic E-state index is 11.9. The molecule has 0 saturated carbocycles. The molecular weight excluding hydrogens is 256 g/mol. The molecule has 1 unspecified atom stereocenters. The van der Waals surface area contributed by atoms with Crippen LogP contribution in [-0.4, -0.2) is 27.9 Å². The molecule has 20 heavy (non-hydrogen) atoms. The molecule has 2 N–H and O–H groups in total. The average molecular weight is 272 g/mol. The van der Waals surface area contributed by atoms with E-state index in [4.69, 9.17) is 0 Å². The van der Waals surface area contributed by atoms with Gasteiger partial charge in [0.1, 0.15) is 5.65 Å². The molecule has 3 rings (SSSR count). The van der Waals surface area contributed by atoms with Crippen LogP contribution in [0.4, 0.5) is 0 Å². The number of pyridine rings is 1. The van der Waals surface area contributed by atoms with Crippen LogP contribution >= 0.6 is 0 Å². The Bertz CT molecular complexity index is 695. The third kappa shape index (κ3) is 2.70. The first kappa shape index (κ1) is 12.8. The number of nitrogens with zero attached hydrogens (tertiary/aromatic N) is 2. The summed E-state index contributed by atoms with van der Waals surface area (Å²) in [7, 11) is 0. The van der Waals surface area contributed by atoms with Gasteiger partial charge in [-0.3, -0.25) is 14.0 Å². The van der Waals surface area contributed by atoms with E-state index in [0.29, 0.717) is 30.9 Å². The van der Waals surface area contributed by atoms with Gasteiger partial charge in [-0.1, -0.05) is 6.07 Å². The normalized spacial score (nSPS) is 18.4. The highest BCUT2D eigenvalue weighted by Crippen LogP contribution is 2.05. The van der Waals surface area contributed by atoms with Crippen LogP contribution in [0, 0.1) is 0 Å². The Morgan fingerprint density at radius 2 is 2.30 bits per heavy atom. The molecule has 1 aliphatic heterocycles. The third-order valence-corrected chi connectivity index (χ3v) is 3.41. The Morgan fingerprint density at radius 3 is 3.10 bits per heavy atom. The molecule has 0 radical (unpaired) electrons. The summed E-state index contributed by atoms with van der Waals surface area (Å²) in [5, 5.41) is 6.12. The van der Waals surface area contributed by atoms with Crippen LogP contribution in [0.5, 0.6) is 0 Å². The van der Waals surface area contributed by atoms with E-state index in [9.17, 15) is 9.59 Å². The van der Waals surface area contributed by atoms with E-state index in [-0.39, 0.29) is 17.5 Å². The molecule has 0 bridgehead atoms. The van der Waals surface area contributed by atoms with Crippen LogP contribution in [0.25, 0.3) is 5.65 Å². The van der Waals surface area contributed by atoms with Crippen molar-refractivity contribution in [3.8, 4) is 0 Å². The van der Waals surface area contributed by atoms with E-state index in [2.05, 4.69) is 15.6 Å². The van der Waals surface area contributed by atoms with Gasteiger partial charge in [0, 0.05) is 37.8 Å². The minimum Gasteiger partial charge on any atom is -0.352 e. The molecule has 1 atom stereocenters. The highest BCUT2D eigenvalue weighted by Gasteiger charge is 2.19. The summed E-state index contributed by atoms with van der Waals surface area (Å²) in [4.78, 5) is 27.4. The first-order chi connectivity index (χ1) is 9.72. The van der Waals surface area contributed by atoms with Gasteiger partial charge in [0.25, 0.3) is 5.56 Å². The second-order valence-electron chi connectivity index (χ2n) is 4.95. The maximum Gasteiger partial charge on any atom is 0.258 e. The number of carbonyl (C=O) groups excluding carboxylic acids is 1. The van der Waals surface area contributed by atoms with Crippen molar-refractivity contribution >= 4 is 11.6 Å². The number of hydrogen-bond acceptors (Lipinski definition) is 4. The Morgan fingerprint density at radius 1 is 1.40 bits per heavy atom. The van der Waals surface area contributed by atoms with Gasteiger partial charge in [-0.05, 0) is 18.6 Å². The molecule has 2 aromatic rings. The van der Waals surface area contributed by atoms with Crippen molar-refractivity contribution in [1.82, 2.24) is 20.0 Å². The Balaban J connectivity index is 1.66. The smallest absolute Gasteiger partial charge is 0.258 e. The summed E-state index contributed by atoms with van der Waals surface area (Å²) in [5.74, 6) is 0.110. The quantitative estimate of drug-likeness (QED) is 0.825. The van der Waals surface area contributed by atoms with Gasteiger partial charge in [0.2, 0.25) is 5.91 Å². The fraction of sp³-hybridized carbons (Fsp3) is 0.357. The van der Waals surface area contributed by atoms with Crippen molar-refractivity contribution in [3.63, 3.8) is 0 Å². The number of aromatic nitrogens is 2. The lowest BCUT2D eigenvalue weighted by Crippen LogP contribution is -2.35. The van der Waals surface area contributed by atoms with Crippen LogP contribution < -0.4 is 16.2 Å². The number of fused-ring (bicyclic) bond motifs is 1. The monoisotopic (exact) mass is 272 g/mol. The summed E-state index contributed by atoms with van der Waals surface area (Å²) in [6, 6.07) is 7.18. The summed E-state index contributed by atoms with van der Waals surface area (Å²) in [6.07, 6.45) is 3.16. The first-order valence-corrected chi connectivity index (χ1v) is 6.70. The molecule has 0 spiro atoms. The van der Waals surface area contributed by atoms with Gasteiger partial charge in [0.15, 0.2) is 0 Å². The van der Waals surface area contributed by atoms with Crippen molar-refractivity contribution < 1.29 is 4.79 Å². The zero-order valence-electron chi connectivity index (χ0n) is 11.0. The third-order valence-electron chi connectivity index (χ3n) is 3.41. The van der Waals surface area contributed by atoms with Gasteiger partial charge < -0.3 is 10.6 Å². The van der Waals surface area contributed by atoms with Gasteiger partial charge >= 0.3 is 0 Å². The Kier molecular flexibility index (Phi) is 3.47. The van der Waals surface area contributed by atoms with Crippen molar-refractivity contribution in [2.24, 2.45) is 0 Å². The van der Waals surface area contributed by atoms with E-state index >= 15 is 0 Å². The lowest BCUT2D eigenvalue weighted by Gasteiger charge is -2.11. The number of carbonyl (C=O) groups is 1. The molecule has 0 aromatic carbocycles. The highest BCUT2D eigenvalue weighted by atomic mass is 16.2. The molecule has 1 aliphatic rings. The number of nitrogens with one attached hydrogen (secondary N) is 2. The Labute approximate surface area is 115 Å². The minimum absolute atomic E-state index is 0.0819. The average Bonchev–Trinajstić information content (AvgIpc) is 2.85. The van der Waals surface area contributed by atoms with Crippen molar-refractivity contribution in [2.45, 2.75) is 25.4 Å². The second kappa shape index (κ2) is 5.42. The van der Waals surface area contributed by atoms with Gasteiger partial charge in [-0.15, -0.1) is 0 Å². The number of hydrogen-bond donors (Lipinski definition) is 2. The summed E-state index contributed by atoms with van der Waals surface area (Å²) in [5.41, 5.74) is 1.28. The molecule has 3 heterocycles. The van der Waals surface area contributed by atoms with E-state index in [1.807, 2.05) is 12.1 Å². The number of amides is 1. The minimum atomic E-state index is -0.0819. The largest absolute Gasteiger partial charge is 0.352 e. The molecular formula is C14H16N4O2. The summed E-state index contributed by atoms with van der Waals surface area (Å²) in [6.45, 7) is 1.22. The fourth-order valence-electron chi connectivity index (χ4n) is 2.40. The SMILES string of the molecule is O=C1CCC(CNCc2cc(=O)n3ccccc3n2)N1. The highest BCUT2D eigenvalue weighted by molar-refractivity contribution is 5.78. The van der Waals surface area contributed by atoms with E-state index < -0.39 is 0 Å².